The summed E-state index contributed by atoms with van der Waals surface area (Å²) in [6.07, 6.45) is 8.98. The van der Waals surface area contributed by atoms with Gasteiger partial charge in [0.1, 0.15) is 0 Å². The Bertz CT molecular complexity index is 130. The van der Waals surface area contributed by atoms with Crippen molar-refractivity contribution in [1.29, 1.82) is 0 Å². The van der Waals surface area contributed by atoms with Gasteiger partial charge >= 0.3 is 0 Å². The molecular formula is C9H17NO. The minimum absolute atomic E-state index is 0.217. The molecule has 0 atom stereocenters. The molecular weight excluding hydrogens is 138 g/mol. The lowest BCUT2D eigenvalue weighted by Crippen LogP contribution is -2.08. The van der Waals surface area contributed by atoms with Crippen LogP contribution >= 0.6 is 0 Å². The summed E-state index contributed by atoms with van der Waals surface area (Å²) in [7, 11) is 0. The minimum atomic E-state index is -0.217. The molecule has 0 rings (SSSR count). The molecule has 11 heavy (non-hydrogen) atoms. The van der Waals surface area contributed by atoms with E-state index in [-0.39, 0.29) is 5.91 Å². The molecule has 0 saturated heterocycles. The number of nitrogens with two attached hydrogens (primary N) is 1. The maximum absolute atomic E-state index is 10.3. The van der Waals surface area contributed by atoms with E-state index < -0.39 is 0 Å². The Hall–Kier alpha value is -0.790. The smallest absolute Gasteiger partial charge is 0.217 e. The number of allylic oxidation sites excluding steroid dienone is 2. The molecule has 0 spiro atoms. The number of unbranched alkanes of at least 4 members (excludes halogenated alkanes) is 2. The predicted molar refractivity (Wildman–Crippen MR) is 47.1 cm³/mol. The van der Waals surface area contributed by atoms with Gasteiger partial charge in [-0.15, -0.1) is 0 Å². The molecule has 0 aliphatic carbocycles. The van der Waals surface area contributed by atoms with Gasteiger partial charge in [-0.3, -0.25) is 4.79 Å². The Kier molecular flexibility index (Phi) is 6.79. The largest absolute Gasteiger partial charge is 0.370 e. The Morgan fingerprint density at radius 1 is 1.36 bits per heavy atom. The summed E-state index contributed by atoms with van der Waals surface area (Å²) >= 11 is 0. The van der Waals surface area contributed by atoms with Crippen LogP contribution in [0.4, 0.5) is 0 Å². The van der Waals surface area contributed by atoms with Gasteiger partial charge in [-0.25, -0.2) is 0 Å². The van der Waals surface area contributed by atoms with Gasteiger partial charge in [0.25, 0.3) is 0 Å². The Labute approximate surface area is 68.5 Å². The van der Waals surface area contributed by atoms with Crippen LogP contribution in [0, 0.1) is 0 Å². The first kappa shape index (κ1) is 10.2. The average molecular weight is 155 g/mol. The van der Waals surface area contributed by atoms with Crippen LogP contribution in [-0.4, -0.2) is 5.91 Å². The van der Waals surface area contributed by atoms with Crippen LogP contribution in [0.5, 0.6) is 0 Å². The highest BCUT2D eigenvalue weighted by Gasteiger charge is 1.88. The van der Waals surface area contributed by atoms with Crippen LogP contribution in [-0.2, 0) is 4.79 Å². The van der Waals surface area contributed by atoms with Crippen molar-refractivity contribution in [2.24, 2.45) is 5.73 Å². The summed E-state index contributed by atoms with van der Waals surface area (Å²) in [5.74, 6) is -0.217. The van der Waals surface area contributed by atoms with Crippen molar-refractivity contribution in [1.82, 2.24) is 0 Å². The first-order valence-corrected chi connectivity index (χ1v) is 4.20. The molecule has 2 heteroatoms. The van der Waals surface area contributed by atoms with E-state index in [1.54, 1.807) is 0 Å². The summed E-state index contributed by atoms with van der Waals surface area (Å²) < 4.78 is 0. The molecule has 0 bridgehead atoms. The third-order valence-corrected chi connectivity index (χ3v) is 1.45. The predicted octanol–water partition coefficient (Wildman–Crippen LogP) is 2.00. The van der Waals surface area contributed by atoms with Crippen molar-refractivity contribution in [2.75, 3.05) is 0 Å². The first-order valence-electron chi connectivity index (χ1n) is 4.20. The maximum Gasteiger partial charge on any atom is 0.217 e. The Balaban J connectivity index is 3.10. The lowest BCUT2D eigenvalue weighted by atomic mass is 10.2. The van der Waals surface area contributed by atoms with Crippen LogP contribution in [0.15, 0.2) is 12.2 Å². The third-order valence-electron chi connectivity index (χ3n) is 1.45. The normalized spacial score (nSPS) is 10.6. The maximum atomic E-state index is 10.3. The second kappa shape index (κ2) is 7.32. The first-order chi connectivity index (χ1) is 5.27. The summed E-state index contributed by atoms with van der Waals surface area (Å²) in [5.41, 5.74) is 4.96. The van der Waals surface area contributed by atoms with E-state index in [2.05, 4.69) is 13.0 Å². The highest BCUT2D eigenvalue weighted by Crippen LogP contribution is 1.97. The summed E-state index contributed by atoms with van der Waals surface area (Å²) in [5, 5.41) is 0. The van der Waals surface area contributed by atoms with E-state index in [0.29, 0.717) is 6.42 Å². The number of hydrogen-bond acceptors (Lipinski definition) is 1. The lowest BCUT2D eigenvalue weighted by molar-refractivity contribution is -0.117. The fraction of sp³-hybridized carbons (Fsp3) is 0.667. The average Bonchev–Trinajstić information content (AvgIpc) is 1.96. The van der Waals surface area contributed by atoms with Gasteiger partial charge in [0.2, 0.25) is 5.91 Å². The highest BCUT2D eigenvalue weighted by atomic mass is 16.1. The summed E-state index contributed by atoms with van der Waals surface area (Å²) in [6.45, 7) is 2.16. The van der Waals surface area contributed by atoms with E-state index in [0.717, 1.165) is 12.8 Å². The van der Waals surface area contributed by atoms with Crippen LogP contribution in [0.1, 0.15) is 39.0 Å². The second-order valence-electron chi connectivity index (χ2n) is 2.62. The van der Waals surface area contributed by atoms with Crippen LogP contribution in [0.3, 0.4) is 0 Å². The zero-order valence-electron chi connectivity index (χ0n) is 7.18. The van der Waals surface area contributed by atoms with Gasteiger partial charge in [0, 0.05) is 6.42 Å². The number of carbonyl (C=O) groups excluding carboxylic acids is 1. The molecule has 1 amide bonds. The highest BCUT2D eigenvalue weighted by molar-refractivity contribution is 5.73. The fourth-order valence-electron chi connectivity index (χ4n) is 0.783. The molecule has 0 aromatic rings. The molecule has 0 aliphatic rings. The minimum Gasteiger partial charge on any atom is -0.370 e. The zero-order valence-corrected chi connectivity index (χ0v) is 7.18. The van der Waals surface area contributed by atoms with Crippen molar-refractivity contribution in [2.45, 2.75) is 39.0 Å². The number of carbonyl (C=O) groups is 1. The van der Waals surface area contributed by atoms with Gasteiger partial charge < -0.3 is 5.73 Å². The van der Waals surface area contributed by atoms with Gasteiger partial charge in [0.05, 0.1) is 0 Å². The standard InChI is InChI=1S/C9H17NO/c1-2-3-4-5-6-7-8-9(10)11/h5-6H,2-4,7-8H2,1H3,(H2,10,11)/b6-5+. The molecule has 0 saturated carbocycles. The van der Waals surface area contributed by atoms with Crippen molar-refractivity contribution in [3.8, 4) is 0 Å². The fourth-order valence-corrected chi connectivity index (χ4v) is 0.783. The third kappa shape index (κ3) is 9.21. The number of hydrogen-bond donors (Lipinski definition) is 1. The molecule has 2 N–H and O–H groups in total. The SMILES string of the molecule is CCCC/C=C/CCC(N)=O. The van der Waals surface area contributed by atoms with Crippen molar-refractivity contribution in [3.05, 3.63) is 12.2 Å². The molecule has 0 radical (unpaired) electrons. The van der Waals surface area contributed by atoms with E-state index in [4.69, 9.17) is 5.73 Å². The van der Waals surface area contributed by atoms with Crippen molar-refractivity contribution >= 4 is 5.91 Å². The zero-order chi connectivity index (χ0) is 8.53. The van der Waals surface area contributed by atoms with E-state index >= 15 is 0 Å². The van der Waals surface area contributed by atoms with E-state index in [1.165, 1.54) is 12.8 Å². The van der Waals surface area contributed by atoms with E-state index in [1.807, 2.05) is 6.08 Å². The lowest BCUT2D eigenvalue weighted by Gasteiger charge is -1.89. The Morgan fingerprint density at radius 2 is 2.00 bits per heavy atom. The molecule has 0 aliphatic heterocycles. The van der Waals surface area contributed by atoms with Gasteiger partial charge in [0.15, 0.2) is 0 Å². The van der Waals surface area contributed by atoms with Gasteiger partial charge in [-0.2, -0.15) is 0 Å². The molecule has 2 nitrogen and oxygen atoms in total. The molecule has 0 unspecified atom stereocenters. The van der Waals surface area contributed by atoms with Crippen LogP contribution in [0.25, 0.3) is 0 Å². The number of amides is 1. The quantitative estimate of drug-likeness (QED) is 0.462. The van der Waals surface area contributed by atoms with E-state index in [9.17, 15) is 4.79 Å². The second-order valence-corrected chi connectivity index (χ2v) is 2.62. The van der Waals surface area contributed by atoms with Crippen molar-refractivity contribution in [3.63, 3.8) is 0 Å². The molecule has 64 valence electrons. The van der Waals surface area contributed by atoms with Crippen LogP contribution in [0.2, 0.25) is 0 Å². The molecule has 0 aromatic carbocycles. The summed E-state index contributed by atoms with van der Waals surface area (Å²) in [4.78, 5) is 10.3. The monoisotopic (exact) mass is 155 g/mol. The molecule has 0 aromatic heterocycles. The van der Waals surface area contributed by atoms with Crippen molar-refractivity contribution < 1.29 is 4.79 Å². The summed E-state index contributed by atoms with van der Waals surface area (Å²) in [6, 6.07) is 0. The number of primary amides is 1. The number of rotatable bonds is 6. The molecule has 0 fully saturated rings. The molecule has 0 heterocycles. The van der Waals surface area contributed by atoms with Gasteiger partial charge in [-0.1, -0.05) is 31.9 Å². The van der Waals surface area contributed by atoms with Gasteiger partial charge in [-0.05, 0) is 12.8 Å². The Morgan fingerprint density at radius 3 is 2.55 bits per heavy atom. The van der Waals surface area contributed by atoms with Crippen LogP contribution < -0.4 is 5.73 Å². The topological polar surface area (TPSA) is 43.1 Å².